The maximum atomic E-state index is 9.79. The van der Waals surface area contributed by atoms with Gasteiger partial charge in [0.05, 0.1) is 4.47 Å². The van der Waals surface area contributed by atoms with Crippen LogP contribution >= 0.6 is 15.9 Å². The van der Waals surface area contributed by atoms with Gasteiger partial charge in [0.1, 0.15) is 5.75 Å². The van der Waals surface area contributed by atoms with Crippen molar-refractivity contribution in [2.24, 2.45) is 0 Å². The summed E-state index contributed by atoms with van der Waals surface area (Å²) in [6.07, 6.45) is 1.84. The van der Waals surface area contributed by atoms with E-state index in [4.69, 9.17) is 0 Å². The molecular formula is C12H16BrNO. The minimum atomic E-state index is 0.240. The molecule has 0 spiro atoms. The smallest absolute Gasteiger partial charge is 0.134 e. The molecular weight excluding hydrogens is 254 g/mol. The first-order valence-corrected chi connectivity index (χ1v) is 5.68. The minimum absolute atomic E-state index is 0.240. The number of benzene rings is 1. The number of halogens is 1. The summed E-state index contributed by atoms with van der Waals surface area (Å²) in [6.45, 7) is 8.36. The Balaban J connectivity index is 2.80. The summed E-state index contributed by atoms with van der Waals surface area (Å²) < 4.78 is 0.741. The van der Waals surface area contributed by atoms with Gasteiger partial charge in [-0.25, -0.2) is 0 Å². The zero-order valence-corrected chi connectivity index (χ0v) is 10.6. The molecule has 0 aliphatic rings. The van der Waals surface area contributed by atoms with Crippen LogP contribution in [0, 0.1) is 6.92 Å². The Morgan fingerprint density at radius 1 is 1.60 bits per heavy atom. The lowest BCUT2D eigenvalue weighted by atomic mass is 10.1. The third-order valence-electron chi connectivity index (χ3n) is 2.25. The van der Waals surface area contributed by atoms with Crippen molar-refractivity contribution < 1.29 is 5.11 Å². The number of nitrogens with one attached hydrogen (secondary N) is 1. The first-order valence-electron chi connectivity index (χ1n) is 4.88. The molecule has 15 heavy (non-hydrogen) atoms. The first-order chi connectivity index (χ1) is 7.04. The second-order valence-electron chi connectivity index (χ2n) is 3.66. The summed E-state index contributed by atoms with van der Waals surface area (Å²) in [6, 6.07) is 4.11. The van der Waals surface area contributed by atoms with Gasteiger partial charge in [0, 0.05) is 18.2 Å². The maximum Gasteiger partial charge on any atom is 0.134 e. The van der Waals surface area contributed by atoms with E-state index in [1.54, 1.807) is 0 Å². The van der Waals surface area contributed by atoms with Crippen molar-refractivity contribution in [3.05, 3.63) is 40.4 Å². The SMILES string of the molecule is C=CC(C)NCc1cc(C)cc(Br)c1O. The van der Waals surface area contributed by atoms with Crippen molar-refractivity contribution in [2.45, 2.75) is 26.4 Å². The lowest BCUT2D eigenvalue weighted by molar-refractivity contribution is 0.459. The number of rotatable bonds is 4. The maximum absolute atomic E-state index is 9.79. The number of aryl methyl sites for hydroxylation is 1. The van der Waals surface area contributed by atoms with Gasteiger partial charge in [0.25, 0.3) is 0 Å². The van der Waals surface area contributed by atoms with Crippen molar-refractivity contribution in [1.82, 2.24) is 5.32 Å². The molecule has 3 heteroatoms. The molecule has 0 heterocycles. The Kier molecular flexibility index (Phi) is 4.36. The number of hydrogen-bond donors (Lipinski definition) is 2. The normalized spacial score (nSPS) is 12.5. The van der Waals surface area contributed by atoms with Gasteiger partial charge >= 0.3 is 0 Å². The molecule has 0 saturated carbocycles. The second-order valence-corrected chi connectivity index (χ2v) is 4.51. The number of phenols is 1. The van der Waals surface area contributed by atoms with Crippen LogP contribution in [0.15, 0.2) is 29.3 Å². The van der Waals surface area contributed by atoms with Gasteiger partial charge < -0.3 is 10.4 Å². The van der Waals surface area contributed by atoms with Crippen molar-refractivity contribution in [2.75, 3.05) is 0 Å². The van der Waals surface area contributed by atoms with Crippen LogP contribution in [0.3, 0.4) is 0 Å². The summed E-state index contributed by atoms with van der Waals surface area (Å²) in [4.78, 5) is 0. The largest absolute Gasteiger partial charge is 0.506 e. The van der Waals surface area contributed by atoms with E-state index in [9.17, 15) is 5.11 Å². The molecule has 0 radical (unpaired) electrons. The molecule has 2 N–H and O–H groups in total. The zero-order chi connectivity index (χ0) is 11.4. The minimum Gasteiger partial charge on any atom is -0.506 e. The predicted octanol–water partition coefficient (Wildman–Crippen LogP) is 3.13. The summed E-state index contributed by atoms with van der Waals surface area (Å²) in [5, 5.41) is 13.0. The van der Waals surface area contributed by atoms with E-state index in [-0.39, 0.29) is 6.04 Å². The highest BCUT2D eigenvalue weighted by Crippen LogP contribution is 2.29. The quantitative estimate of drug-likeness (QED) is 0.824. The summed E-state index contributed by atoms with van der Waals surface area (Å²) >= 11 is 3.32. The van der Waals surface area contributed by atoms with E-state index < -0.39 is 0 Å². The zero-order valence-electron chi connectivity index (χ0n) is 9.05. The van der Waals surface area contributed by atoms with Gasteiger partial charge in [-0.1, -0.05) is 12.1 Å². The standard InChI is InChI=1S/C12H16BrNO/c1-4-9(3)14-7-10-5-8(2)6-11(13)12(10)15/h4-6,9,14-15H,1,7H2,2-3H3. The molecule has 1 aromatic rings. The van der Waals surface area contributed by atoms with Crippen LogP contribution in [0.5, 0.6) is 5.75 Å². The van der Waals surface area contributed by atoms with Crippen LogP contribution < -0.4 is 5.32 Å². The summed E-state index contributed by atoms with van der Waals surface area (Å²) in [5.41, 5.74) is 2.03. The number of aromatic hydroxyl groups is 1. The van der Waals surface area contributed by atoms with Crippen molar-refractivity contribution >= 4 is 15.9 Å². The van der Waals surface area contributed by atoms with Gasteiger partial charge in [-0.05, 0) is 41.4 Å². The van der Waals surface area contributed by atoms with Crippen LogP contribution in [0.2, 0.25) is 0 Å². The van der Waals surface area contributed by atoms with E-state index in [1.165, 1.54) is 0 Å². The second kappa shape index (κ2) is 5.33. The topological polar surface area (TPSA) is 32.3 Å². The molecule has 1 unspecified atom stereocenters. The fourth-order valence-corrected chi connectivity index (χ4v) is 1.91. The molecule has 0 aliphatic heterocycles. The molecule has 0 amide bonds. The molecule has 0 aliphatic carbocycles. The lowest BCUT2D eigenvalue weighted by Gasteiger charge is -2.12. The summed E-state index contributed by atoms with van der Waals surface area (Å²) in [5.74, 6) is 0.310. The fraction of sp³-hybridized carbons (Fsp3) is 0.333. The Labute approximate surface area is 99.1 Å². The van der Waals surface area contributed by atoms with Crippen LogP contribution in [-0.4, -0.2) is 11.1 Å². The van der Waals surface area contributed by atoms with E-state index in [1.807, 2.05) is 32.1 Å². The van der Waals surface area contributed by atoms with Gasteiger partial charge in [-0.15, -0.1) is 6.58 Å². The Morgan fingerprint density at radius 3 is 2.87 bits per heavy atom. The molecule has 82 valence electrons. The molecule has 2 nitrogen and oxygen atoms in total. The lowest BCUT2D eigenvalue weighted by Crippen LogP contribution is -2.23. The van der Waals surface area contributed by atoms with Gasteiger partial charge in [0.15, 0.2) is 0 Å². The highest BCUT2D eigenvalue weighted by molar-refractivity contribution is 9.10. The molecule has 1 rings (SSSR count). The van der Waals surface area contributed by atoms with Crippen molar-refractivity contribution in [1.29, 1.82) is 0 Å². The predicted molar refractivity (Wildman–Crippen MR) is 67.0 cm³/mol. The highest BCUT2D eigenvalue weighted by Gasteiger charge is 2.06. The summed E-state index contributed by atoms with van der Waals surface area (Å²) in [7, 11) is 0. The van der Waals surface area contributed by atoms with Crippen LogP contribution in [-0.2, 0) is 6.54 Å². The fourth-order valence-electron chi connectivity index (χ4n) is 1.30. The van der Waals surface area contributed by atoms with E-state index >= 15 is 0 Å². The van der Waals surface area contributed by atoms with E-state index in [0.717, 1.165) is 15.6 Å². The van der Waals surface area contributed by atoms with E-state index in [2.05, 4.69) is 27.8 Å². The molecule has 1 aromatic carbocycles. The average molecular weight is 270 g/mol. The molecule has 0 bridgehead atoms. The van der Waals surface area contributed by atoms with Crippen LogP contribution in [0.4, 0.5) is 0 Å². The number of phenolic OH excluding ortho intramolecular Hbond substituents is 1. The first kappa shape index (κ1) is 12.3. The Hall–Kier alpha value is -0.800. The van der Waals surface area contributed by atoms with Crippen molar-refractivity contribution in [3.63, 3.8) is 0 Å². The average Bonchev–Trinajstić information content (AvgIpc) is 2.20. The molecule has 0 fully saturated rings. The number of hydrogen-bond acceptors (Lipinski definition) is 2. The van der Waals surface area contributed by atoms with Crippen LogP contribution in [0.25, 0.3) is 0 Å². The van der Waals surface area contributed by atoms with Gasteiger partial charge in [-0.3, -0.25) is 0 Å². The third-order valence-corrected chi connectivity index (χ3v) is 2.86. The van der Waals surface area contributed by atoms with Crippen LogP contribution in [0.1, 0.15) is 18.1 Å². The molecule has 0 aromatic heterocycles. The molecule has 1 atom stereocenters. The van der Waals surface area contributed by atoms with Gasteiger partial charge in [0.2, 0.25) is 0 Å². The molecule has 0 saturated heterocycles. The Morgan fingerprint density at radius 2 is 2.27 bits per heavy atom. The highest BCUT2D eigenvalue weighted by atomic mass is 79.9. The third kappa shape index (κ3) is 3.36. The van der Waals surface area contributed by atoms with E-state index in [0.29, 0.717) is 12.3 Å². The Bertz CT molecular complexity index is 363. The van der Waals surface area contributed by atoms with Gasteiger partial charge in [-0.2, -0.15) is 0 Å². The monoisotopic (exact) mass is 269 g/mol. The van der Waals surface area contributed by atoms with Crippen molar-refractivity contribution in [3.8, 4) is 5.75 Å².